The zero-order chi connectivity index (χ0) is 25.8. The Morgan fingerprint density at radius 1 is 1.22 bits per heavy atom. The van der Waals surface area contributed by atoms with Crippen molar-refractivity contribution >= 4 is 23.5 Å². The Kier molecular flexibility index (Phi) is 8.18. The molecule has 2 aromatic rings. The van der Waals surface area contributed by atoms with Gasteiger partial charge in [0.05, 0.1) is 30.2 Å². The highest BCUT2D eigenvalue weighted by molar-refractivity contribution is 6.05. The molecular weight excluding hydrogens is 460 g/mol. The minimum atomic E-state index is -0.886. The number of carbonyl (C=O) groups is 2. The predicted octanol–water partition coefficient (Wildman–Crippen LogP) is 3.19. The molecule has 0 unspecified atom stereocenters. The minimum Gasteiger partial charge on any atom is -0.459 e. The molecule has 1 aliphatic carbocycles. The second-order valence-electron chi connectivity index (χ2n) is 9.59. The number of hydrogen-bond acceptors (Lipinski definition) is 7. The summed E-state index contributed by atoms with van der Waals surface area (Å²) in [6, 6.07) is 9.06. The van der Waals surface area contributed by atoms with E-state index in [4.69, 9.17) is 4.42 Å². The van der Waals surface area contributed by atoms with Crippen molar-refractivity contribution in [3.63, 3.8) is 0 Å². The van der Waals surface area contributed by atoms with Gasteiger partial charge in [0.25, 0.3) is 0 Å². The Labute approximate surface area is 211 Å². The predicted molar refractivity (Wildman–Crippen MR) is 134 cm³/mol. The molecule has 1 saturated heterocycles. The molecule has 0 spiro atoms. The van der Waals surface area contributed by atoms with E-state index in [0.717, 1.165) is 16.8 Å². The maximum atomic E-state index is 13.1. The van der Waals surface area contributed by atoms with E-state index in [1.54, 1.807) is 18.3 Å². The quantitative estimate of drug-likeness (QED) is 0.342. The third-order valence-corrected chi connectivity index (χ3v) is 7.26. The second kappa shape index (κ2) is 11.3. The number of rotatable bonds is 10. The molecular formula is C28H34N2O6. The van der Waals surface area contributed by atoms with Crippen molar-refractivity contribution in [3.8, 4) is 0 Å². The number of aromatic nitrogens is 1. The molecule has 0 aromatic carbocycles. The van der Waals surface area contributed by atoms with Gasteiger partial charge in [-0.25, -0.2) is 0 Å². The first-order chi connectivity index (χ1) is 17.4. The summed E-state index contributed by atoms with van der Waals surface area (Å²) in [5.74, 6) is -1.07. The van der Waals surface area contributed by atoms with Crippen LogP contribution in [0.15, 0.2) is 52.1 Å². The zero-order valence-electron chi connectivity index (χ0n) is 20.8. The Hall–Kier alpha value is -3.07. The summed E-state index contributed by atoms with van der Waals surface area (Å²) >= 11 is 0. The van der Waals surface area contributed by atoms with Crippen molar-refractivity contribution in [2.75, 3.05) is 13.2 Å². The molecule has 2 amide bonds. The van der Waals surface area contributed by atoms with Crippen molar-refractivity contribution < 1.29 is 29.3 Å². The normalized spacial score (nSPS) is 23.4. The van der Waals surface area contributed by atoms with Gasteiger partial charge in [-0.2, -0.15) is 0 Å². The first-order valence-corrected chi connectivity index (χ1v) is 12.5. The summed E-state index contributed by atoms with van der Waals surface area (Å²) in [5, 5.41) is 30.9. The molecule has 3 heterocycles. The van der Waals surface area contributed by atoms with Gasteiger partial charge in [0.15, 0.2) is 0 Å². The molecule has 0 bridgehead atoms. The average molecular weight is 495 g/mol. The van der Waals surface area contributed by atoms with Crippen LogP contribution in [0.4, 0.5) is 0 Å². The molecule has 3 N–H and O–H groups in total. The Morgan fingerprint density at radius 3 is 2.67 bits per heavy atom. The van der Waals surface area contributed by atoms with Crippen LogP contribution in [0.1, 0.15) is 56.7 Å². The lowest BCUT2D eigenvalue weighted by atomic mass is 9.68. The van der Waals surface area contributed by atoms with E-state index < -0.39 is 23.9 Å². The van der Waals surface area contributed by atoms with Crippen LogP contribution in [-0.2, 0) is 16.2 Å². The van der Waals surface area contributed by atoms with Gasteiger partial charge in [0, 0.05) is 18.7 Å². The van der Waals surface area contributed by atoms with Crippen molar-refractivity contribution in [2.24, 2.45) is 17.8 Å². The first kappa shape index (κ1) is 26.0. The number of imide groups is 1. The number of hydrogen-bond donors (Lipinski definition) is 3. The largest absolute Gasteiger partial charge is 0.459 e. The average Bonchev–Trinajstić information content (AvgIpc) is 3.44. The van der Waals surface area contributed by atoms with E-state index in [0.29, 0.717) is 49.3 Å². The molecule has 1 fully saturated rings. The third-order valence-electron chi connectivity index (χ3n) is 7.26. The van der Waals surface area contributed by atoms with Gasteiger partial charge in [0.2, 0.25) is 11.8 Å². The minimum absolute atomic E-state index is 0.167. The van der Waals surface area contributed by atoms with Crippen LogP contribution in [0.3, 0.4) is 0 Å². The van der Waals surface area contributed by atoms with Crippen LogP contribution < -0.4 is 0 Å². The molecule has 2 aromatic heterocycles. The first-order valence-electron chi connectivity index (χ1n) is 12.5. The van der Waals surface area contributed by atoms with Gasteiger partial charge in [-0.3, -0.25) is 19.5 Å². The summed E-state index contributed by atoms with van der Waals surface area (Å²) in [6.07, 6.45) is 4.56. The lowest BCUT2D eigenvalue weighted by Crippen LogP contribution is -2.38. The summed E-state index contributed by atoms with van der Waals surface area (Å²) in [7, 11) is 0. The molecule has 0 saturated carbocycles. The molecule has 2 aliphatic rings. The molecule has 192 valence electrons. The van der Waals surface area contributed by atoms with Gasteiger partial charge in [-0.1, -0.05) is 18.6 Å². The Balaban J connectivity index is 1.57. The fourth-order valence-corrected chi connectivity index (χ4v) is 5.63. The van der Waals surface area contributed by atoms with Crippen molar-refractivity contribution in [1.29, 1.82) is 0 Å². The highest BCUT2D eigenvalue weighted by Crippen LogP contribution is 2.46. The van der Waals surface area contributed by atoms with Crippen LogP contribution >= 0.6 is 0 Å². The summed E-state index contributed by atoms with van der Waals surface area (Å²) in [5.41, 5.74) is 3.12. The number of furan rings is 1. The standard InChI is InChI=1S/C28H34N2O6/c1-3-12-30-27(34)21-13-17(2)25(22(16-32)26(21)28(30)35)24(33)10-7-18(23-6-4-5-11-29-23)14-19-8-9-20(15-31)36-19/h4-6,8-9,11,14,21-22,24,26,31-33H,3,7,10,12-13,15-16H2,1-2H3/b18-14-/t21-,22+,24-,26-/m1/s1. The monoisotopic (exact) mass is 494 g/mol. The van der Waals surface area contributed by atoms with E-state index in [9.17, 15) is 24.9 Å². The van der Waals surface area contributed by atoms with E-state index in [1.165, 1.54) is 4.90 Å². The van der Waals surface area contributed by atoms with Gasteiger partial charge in [0.1, 0.15) is 18.1 Å². The van der Waals surface area contributed by atoms with E-state index >= 15 is 0 Å². The van der Waals surface area contributed by atoms with Gasteiger partial charge in [-0.05, 0) is 74.1 Å². The molecule has 36 heavy (non-hydrogen) atoms. The number of allylic oxidation sites excluding steroid dienone is 2. The number of aliphatic hydroxyl groups is 3. The highest BCUT2D eigenvalue weighted by atomic mass is 16.4. The Bertz CT molecular complexity index is 1150. The summed E-state index contributed by atoms with van der Waals surface area (Å²) in [6.45, 7) is 3.68. The van der Waals surface area contributed by atoms with Crippen LogP contribution in [0.2, 0.25) is 0 Å². The lowest BCUT2D eigenvalue weighted by molar-refractivity contribution is -0.140. The number of carbonyl (C=O) groups excluding carboxylic acids is 2. The van der Waals surface area contributed by atoms with Crippen LogP contribution in [0.25, 0.3) is 11.6 Å². The van der Waals surface area contributed by atoms with Gasteiger partial charge in [-0.15, -0.1) is 0 Å². The Morgan fingerprint density at radius 2 is 2.03 bits per heavy atom. The fraction of sp³-hybridized carbons (Fsp3) is 0.464. The molecule has 1 aliphatic heterocycles. The van der Waals surface area contributed by atoms with E-state index in [-0.39, 0.29) is 25.0 Å². The third kappa shape index (κ3) is 5.07. The molecule has 0 radical (unpaired) electrons. The fourth-order valence-electron chi connectivity index (χ4n) is 5.63. The molecule has 4 rings (SSSR count). The maximum Gasteiger partial charge on any atom is 0.233 e. The lowest BCUT2D eigenvalue weighted by Gasteiger charge is -2.35. The van der Waals surface area contributed by atoms with E-state index in [1.807, 2.05) is 38.1 Å². The molecule has 8 nitrogen and oxygen atoms in total. The van der Waals surface area contributed by atoms with E-state index in [2.05, 4.69) is 4.98 Å². The number of pyridine rings is 1. The maximum absolute atomic E-state index is 13.1. The van der Waals surface area contributed by atoms with Crippen LogP contribution in [0.5, 0.6) is 0 Å². The zero-order valence-corrected chi connectivity index (χ0v) is 20.8. The van der Waals surface area contributed by atoms with Crippen LogP contribution in [-0.4, -0.2) is 56.3 Å². The smallest absolute Gasteiger partial charge is 0.233 e. The summed E-state index contributed by atoms with van der Waals surface area (Å²) < 4.78 is 5.63. The molecule has 4 atom stereocenters. The number of nitrogens with zero attached hydrogens (tertiary/aromatic N) is 2. The van der Waals surface area contributed by atoms with Crippen molar-refractivity contribution in [2.45, 2.75) is 52.2 Å². The number of fused-ring (bicyclic) bond motifs is 1. The molecule has 8 heteroatoms. The van der Waals surface area contributed by atoms with Crippen molar-refractivity contribution in [1.82, 2.24) is 9.88 Å². The highest BCUT2D eigenvalue weighted by Gasteiger charge is 2.54. The van der Waals surface area contributed by atoms with Crippen molar-refractivity contribution in [3.05, 3.63) is 64.9 Å². The summed E-state index contributed by atoms with van der Waals surface area (Å²) in [4.78, 5) is 31.8. The SMILES string of the molecule is CCCN1C(=O)[C@@H]2[C@@H](CC(C)=C([C@H](O)CC/C(=C/c3ccc(CO)o3)c3ccccn3)[C@@H]2CO)C1=O. The second-order valence-corrected chi connectivity index (χ2v) is 9.59. The number of amides is 2. The van der Waals surface area contributed by atoms with Gasteiger partial charge < -0.3 is 19.7 Å². The van der Waals surface area contributed by atoms with Gasteiger partial charge >= 0.3 is 0 Å². The number of aliphatic hydroxyl groups excluding tert-OH is 3. The van der Waals surface area contributed by atoms with Crippen LogP contribution in [0, 0.1) is 17.8 Å². The number of likely N-dealkylation sites (tertiary alicyclic amines) is 1. The topological polar surface area (TPSA) is 124 Å².